The van der Waals surface area contributed by atoms with Crippen molar-refractivity contribution < 1.29 is 9.59 Å². The highest BCUT2D eigenvalue weighted by molar-refractivity contribution is 7.15. The van der Waals surface area contributed by atoms with Crippen molar-refractivity contribution >= 4 is 28.3 Å². The first-order chi connectivity index (χ1) is 12.7. The highest BCUT2D eigenvalue weighted by Gasteiger charge is 2.22. The Morgan fingerprint density at radius 3 is 2.48 bits per heavy atom. The lowest BCUT2D eigenvalue weighted by Gasteiger charge is -2.18. The Morgan fingerprint density at radius 1 is 1.22 bits per heavy atom. The minimum absolute atomic E-state index is 0.0599. The summed E-state index contributed by atoms with van der Waals surface area (Å²) >= 11 is 1.48. The number of carbonyl (C=O) groups is 2. The second kappa shape index (κ2) is 11.9. The molecule has 1 heterocycles. The fourth-order valence-electron chi connectivity index (χ4n) is 2.69. The number of nitrogens with one attached hydrogen (secondary N) is 2. The van der Waals surface area contributed by atoms with E-state index in [0.717, 1.165) is 24.1 Å². The maximum atomic E-state index is 12.6. The lowest BCUT2D eigenvalue weighted by Crippen LogP contribution is -2.44. The summed E-state index contributed by atoms with van der Waals surface area (Å²) in [6.07, 6.45) is 7.83. The van der Waals surface area contributed by atoms with Gasteiger partial charge in [0.25, 0.3) is 0 Å². The largest absolute Gasteiger partial charge is 0.344 e. The zero-order chi connectivity index (χ0) is 20.4. The molecule has 1 aromatic rings. The zero-order valence-electron chi connectivity index (χ0n) is 17.6. The predicted molar refractivity (Wildman–Crippen MR) is 114 cm³/mol. The van der Waals surface area contributed by atoms with Crippen LogP contribution in [0.4, 0.5) is 5.13 Å². The molecule has 0 aliphatic rings. The van der Waals surface area contributed by atoms with Crippen LogP contribution in [0.25, 0.3) is 0 Å². The second-order valence-corrected chi connectivity index (χ2v) is 8.85. The van der Waals surface area contributed by atoms with Crippen molar-refractivity contribution in [3.8, 4) is 0 Å². The summed E-state index contributed by atoms with van der Waals surface area (Å²) < 4.78 is 0. The van der Waals surface area contributed by atoms with Crippen molar-refractivity contribution in [3.05, 3.63) is 22.7 Å². The smallest absolute Gasteiger partial charge is 0.248 e. The molecule has 0 saturated carbocycles. The van der Waals surface area contributed by atoms with Crippen LogP contribution in [0.1, 0.15) is 84.4 Å². The van der Waals surface area contributed by atoms with E-state index >= 15 is 0 Å². The first-order valence-electron chi connectivity index (χ1n) is 9.92. The van der Waals surface area contributed by atoms with Crippen LogP contribution >= 0.6 is 11.3 Å². The molecule has 0 radical (unpaired) electrons. The van der Waals surface area contributed by atoms with Crippen molar-refractivity contribution in [3.63, 3.8) is 0 Å². The van der Waals surface area contributed by atoms with Gasteiger partial charge in [-0.15, -0.1) is 11.3 Å². The molecular weight excluding hydrogens is 358 g/mol. The first-order valence-corrected chi connectivity index (χ1v) is 10.7. The Bertz CT molecular complexity index is 633. The summed E-state index contributed by atoms with van der Waals surface area (Å²) in [4.78, 5) is 30.3. The van der Waals surface area contributed by atoms with Crippen LogP contribution in [0.3, 0.4) is 0 Å². The van der Waals surface area contributed by atoms with Gasteiger partial charge >= 0.3 is 0 Å². The topological polar surface area (TPSA) is 71.1 Å². The summed E-state index contributed by atoms with van der Waals surface area (Å²) in [5.41, 5.74) is 1.30. The van der Waals surface area contributed by atoms with E-state index in [1.54, 1.807) is 6.20 Å². The summed E-state index contributed by atoms with van der Waals surface area (Å²) in [5.74, 6) is 0.424. The Kier molecular flexibility index (Phi) is 10.3. The van der Waals surface area contributed by atoms with Crippen LogP contribution in [-0.2, 0) is 9.59 Å². The van der Waals surface area contributed by atoms with Crippen LogP contribution in [0.15, 0.2) is 17.8 Å². The fraction of sp³-hybridized carbons (Fsp3) is 0.667. The lowest BCUT2D eigenvalue weighted by atomic mass is 10.00. The maximum Gasteiger partial charge on any atom is 0.248 e. The van der Waals surface area contributed by atoms with E-state index in [2.05, 4.69) is 56.3 Å². The highest BCUT2D eigenvalue weighted by atomic mass is 32.1. The minimum atomic E-state index is -0.515. The Labute approximate surface area is 168 Å². The molecule has 5 nitrogen and oxygen atoms in total. The number of thiazole rings is 1. The molecule has 6 heteroatoms. The van der Waals surface area contributed by atoms with Crippen molar-refractivity contribution in [2.24, 2.45) is 5.92 Å². The van der Waals surface area contributed by atoms with Gasteiger partial charge in [-0.25, -0.2) is 4.98 Å². The standard InChI is InChI=1S/C21H35N3O2S/c1-7-9-17(20(26)24-21-22-13-18(27-21)15(4)5)23-19(25)12-16(6)11-8-10-14(2)3/h10,13,15-17H,7-9,11-12H2,1-6H3,(H,23,25)(H,22,24,26)/t16-,17+/m1/s1. The van der Waals surface area contributed by atoms with Crippen molar-refractivity contribution in [1.29, 1.82) is 0 Å². The summed E-state index contributed by atoms with van der Waals surface area (Å²) in [5, 5.41) is 6.35. The number of anilines is 1. The highest BCUT2D eigenvalue weighted by Crippen LogP contribution is 2.25. The molecule has 152 valence electrons. The Balaban J connectivity index is 2.56. The molecule has 0 unspecified atom stereocenters. The monoisotopic (exact) mass is 393 g/mol. The maximum absolute atomic E-state index is 12.6. The summed E-state index contributed by atoms with van der Waals surface area (Å²) in [6.45, 7) is 12.4. The molecular formula is C21H35N3O2S. The van der Waals surface area contributed by atoms with E-state index in [9.17, 15) is 9.59 Å². The van der Waals surface area contributed by atoms with Crippen LogP contribution in [0.5, 0.6) is 0 Å². The molecule has 0 fully saturated rings. The van der Waals surface area contributed by atoms with Gasteiger partial charge in [-0.05, 0) is 44.9 Å². The summed E-state index contributed by atoms with van der Waals surface area (Å²) in [6, 6.07) is -0.515. The minimum Gasteiger partial charge on any atom is -0.344 e. The van der Waals surface area contributed by atoms with Gasteiger partial charge in [0.2, 0.25) is 11.8 Å². The van der Waals surface area contributed by atoms with Gasteiger partial charge in [-0.1, -0.05) is 45.8 Å². The zero-order valence-corrected chi connectivity index (χ0v) is 18.4. The van der Waals surface area contributed by atoms with Gasteiger partial charge in [0.1, 0.15) is 6.04 Å². The number of hydrogen-bond donors (Lipinski definition) is 2. The van der Waals surface area contributed by atoms with Gasteiger partial charge in [-0.3, -0.25) is 9.59 Å². The van der Waals surface area contributed by atoms with E-state index in [-0.39, 0.29) is 11.8 Å². The average Bonchev–Trinajstić information content (AvgIpc) is 3.02. The molecule has 0 bridgehead atoms. The fourth-order valence-corrected chi connectivity index (χ4v) is 3.51. The molecule has 2 N–H and O–H groups in total. The van der Waals surface area contributed by atoms with Crippen LogP contribution in [0.2, 0.25) is 0 Å². The molecule has 0 spiro atoms. The third-order valence-corrected chi connectivity index (χ3v) is 5.51. The second-order valence-electron chi connectivity index (χ2n) is 7.79. The van der Waals surface area contributed by atoms with E-state index in [0.29, 0.717) is 29.8 Å². The number of hydrogen-bond acceptors (Lipinski definition) is 4. The van der Waals surface area contributed by atoms with Crippen molar-refractivity contribution in [2.75, 3.05) is 5.32 Å². The molecule has 0 aromatic carbocycles. The van der Waals surface area contributed by atoms with Gasteiger partial charge in [0.05, 0.1) is 0 Å². The molecule has 1 aromatic heterocycles. The Hall–Kier alpha value is -1.69. The van der Waals surface area contributed by atoms with Gasteiger partial charge in [0, 0.05) is 17.5 Å². The molecule has 0 aliphatic heterocycles. The number of carbonyl (C=O) groups excluding carboxylic acids is 2. The molecule has 2 amide bonds. The predicted octanol–water partition coefficient (Wildman–Crippen LogP) is 5.26. The van der Waals surface area contributed by atoms with Crippen molar-refractivity contribution in [2.45, 2.75) is 85.6 Å². The van der Waals surface area contributed by atoms with Gasteiger partial charge < -0.3 is 10.6 Å². The molecule has 27 heavy (non-hydrogen) atoms. The van der Waals surface area contributed by atoms with E-state index in [1.165, 1.54) is 16.9 Å². The lowest BCUT2D eigenvalue weighted by molar-refractivity contribution is -0.127. The van der Waals surface area contributed by atoms with Crippen LogP contribution < -0.4 is 10.6 Å². The van der Waals surface area contributed by atoms with E-state index < -0.39 is 6.04 Å². The number of aromatic nitrogens is 1. The number of rotatable bonds is 11. The van der Waals surface area contributed by atoms with E-state index in [1.807, 2.05) is 6.92 Å². The normalized spacial score (nSPS) is 13.1. The van der Waals surface area contributed by atoms with E-state index in [4.69, 9.17) is 0 Å². The molecule has 2 atom stereocenters. The summed E-state index contributed by atoms with van der Waals surface area (Å²) in [7, 11) is 0. The molecule has 0 saturated heterocycles. The quantitative estimate of drug-likeness (QED) is 0.504. The number of nitrogens with zero attached hydrogens (tertiary/aromatic N) is 1. The molecule has 0 aliphatic carbocycles. The van der Waals surface area contributed by atoms with Gasteiger partial charge in [-0.2, -0.15) is 0 Å². The van der Waals surface area contributed by atoms with Gasteiger partial charge in [0.15, 0.2) is 5.13 Å². The van der Waals surface area contributed by atoms with Crippen molar-refractivity contribution in [1.82, 2.24) is 10.3 Å². The Morgan fingerprint density at radius 2 is 1.93 bits per heavy atom. The average molecular weight is 394 g/mol. The first kappa shape index (κ1) is 23.3. The SMILES string of the molecule is CCC[C@H](NC(=O)C[C@H](C)CCC=C(C)C)C(=O)Nc1ncc(C(C)C)s1. The third-order valence-electron chi connectivity index (χ3n) is 4.30. The number of allylic oxidation sites excluding steroid dienone is 2. The molecule has 1 rings (SSSR count). The van der Waals surface area contributed by atoms with Crippen LogP contribution in [0, 0.1) is 5.92 Å². The number of amides is 2. The van der Waals surface area contributed by atoms with Crippen LogP contribution in [-0.4, -0.2) is 22.8 Å². The third kappa shape index (κ3) is 9.18.